The lowest BCUT2D eigenvalue weighted by Gasteiger charge is -2.07. The number of rotatable bonds is 3. The second kappa shape index (κ2) is 3.78. The summed E-state index contributed by atoms with van der Waals surface area (Å²) < 4.78 is 15.6. The van der Waals surface area contributed by atoms with E-state index in [0.717, 1.165) is 0 Å². The van der Waals surface area contributed by atoms with Crippen molar-refractivity contribution in [3.8, 4) is 11.5 Å². The fourth-order valence-electron chi connectivity index (χ4n) is 1.27. The van der Waals surface area contributed by atoms with E-state index in [1.54, 1.807) is 6.07 Å². The molecule has 1 aliphatic rings. The molecule has 0 fully saturated rings. The van der Waals surface area contributed by atoms with Crippen LogP contribution in [-0.4, -0.2) is 24.2 Å². The molecule has 0 amide bonds. The first-order chi connectivity index (χ1) is 7.20. The molecule has 0 aliphatic carbocycles. The fraction of sp³-hybridized carbons (Fsp3) is 0.300. The van der Waals surface area contributed by atoms with Crippen LogP contribution < -0.4 is 9.47 Å². The van der Waals surface area contributed by atoms with Crippen molar-refractivity contribution in [2.45, 2.75) is 13.4 Å². The van der Waals surface area contributed by atoms with Gasteiger partial charge in [0.15, 0.2) is 11.5 Å². The van der Waals surface area contributed by atoms with Gasteiger partial charge in [-0.15, -0.1) is 0 Å². The van der Waals surface area contributed by atoms with Gasteiger partial charge in [0, 0.05) is 0 Å². The van der Waals surface area contributed by atoms with Crippen LogP contribution in [0.25, 0.3) is 0 Å². The van der Waals surface area contributed by atoms with Crippen LogP contribution in [0.3, 0.4) is 0 Å². The number of benzene rings is 1. The van der Waals surface area contributed by atoms with E-state index in [2.05, 4.69) is 0 Å². The smallest absolute Gasteiger partial charge is 0.361 e. The maximum absolute atomic E-state index is 10.7. The van der Waals surface area contributed by atoms with Gasteiger partial charge in [0.25, 0.3) is 0 Å². The van der Waals surface area contributed by atoms with Gasteiger partial charge in [0.05, 0.1) is 12.2 Å². The number of ether oxygens (including phenoxy) is 3. The Labute approximate surface area is 86.2 Å². The van der Waals surface area contributed by atoms with Crippen molar-refractivity contribution < 1.29 is 24.1 Å². The standard InChI is InChI=1S/C10H10O5/c1-2-13-10-14-7-4-3-6(9(11)12)5-8(7)15-10/h3-5,10H,2H2,1H3,(H,11,12). The summed E-state index contributed by atoms with van der Waals surface area (Å²) in [6.45, 7) is 1.51. The Morgan fingerprint density at radius 3 is 2.87 bits per heavy atom. The SMILES string of the molecule is CCOC1Oc2ccc(C(=O)O)cc2O1. The summed E-state index contributed by atoms with van der Waals surface area (Å²) >= 11 is 0. The Hall–Kier alpha value is -1.75. The van der Waals surface area contributed by atoms with E-state index in [9.17, 15) is 4.79 Å². The highest BCUT2D eigenvalue weighted by Crippen LogP contribution is 2.35. The first-order valence-corrected chi connectivity index (χ1v) is 4.53. The normalized spacial score (nSPS) is 17.8. The van der Waals surface area contributed by atoms with E-state index in [1.165, 1.54) is 12.1 Å². The Kier molecular flexibility index (Phi) is 2.47. The van der Waals surface area contributed by atoms with Crippen molar-refractivity contribution >= 4 is 5.97 Å². The fourth-order valence-corrected chi connectivity index (χ4v) is 1.27. The molecule has 80 valence electrons. The first-order valence-electron chi connectivity index (χ1n) is 4.53. The summed E-state index contributed by atoms with van der Waals surface area (Å²) in [7, 11) is 0. The Balaban J connectivity index is 2.20. The molecule has 1 N–H and O–H groups in total. The maximum atomic E-state index is 10.7. The van der Waals surface area contributed by atoms with Crippen molar-refractivity contribution in [1.29, 1.82) is 0 Å². The molecule has 1 aliphatic heterocycles. The van der Waals surface area contributed by atoms with Gasteiger partial charge in [-0.3, -0.25) is 0 Å². The second-order valence-electron chi connectivity index (χ2n) is 2.95. The number of aromatic carboxylic acids is 1. The second-order valence-corrected chi connectivity index (χ2v) is 2.95. The van der Waals surface area contributed by atoms with Crippen LogP contribution in [0, 0.1) is 0 Å². The maximum Gasteiger partial charge on any atom is 0.361 e. The van der Waals surface area contributed by atoms with Crippen molar-refractivity contribution in [3.63, 3.8) is 0 Å². The van der Waals surface area contributed by atoms with E-state index in [1.807, 2.05) is 6.92 Å². The van der Waals surface area contributed by atoms with Gasteiger partial charge < -0.3 is 19.3 Å². The minimum Gasteiger partial charge on any atom is -0.478 e. The number of carboxylic acids is 1. The average molecular weight is 210 g/mol. The predicted octanol–water partition coefficient (Wildman–Crippen LogP) is 1.48. The largest absolute Gasteiger partial charge is 0.478 e. The van der Waals surface area contributed by atoms with Crippen LogP contribution in [0.15, 0.2) is 18.2 Å². The molecule has 0 radical (unpaired) electrons. The van der Waals surface area contributed by atoms with Crippen molar-refractivity contribution in [2.75, 3.05) is 6.61 Å². The van der Waals surface area contributed by atoms with Crippen molar-refractivity contribution in [1.82, 2.24) is 0 Å². The third-order valence-corrected chi connectivity index (χ3v) is 1.94. The lowest BCUT2D eigenvalue weighted by atomic mass is 10.2. The molecule has 1 unspecified atom stereocenters. The molecule has 5 heteroatoms. The minimum atomic E-state index is -0.999. The Morgan fingerprint density at radius 1 is 1.47 bits per heavy atom. The van der Waals surface area contributed by atoms with Gasteiger partial charge in [-0.2, -0.15) is 0 Å². The highest BCUT2D eigenvalue weighted by Gasteiger charge is 2.25. The van der Waals surface area contributed by atoms with Crippen molar-refractivity contribution in [3.05, 3.63) is 23.8 Å². The Bertz CT molecular complexity index is 387. The third kappa shape index (κ3) is 1.87. The highest BCUT2D eigenvalue weighted by atomic mass is 16.9. The summed E-state index contributed by atoms with van der Waals surface area (Å²) in [5.41, 5.74) is 0.162. The van der Waals surface area contributed by atoms with Gasteiger partial charge in [-0.05, 0) is 25.1 Å². The van der Waals surface area contributed by atoms with Crippen LogP contribution in [-0.2, 0) is 4.74 Å². The zero-order valence-corrected chi connectivity index (χ0v) is 8.10. The minimum absolute atomic E-state index is 0.162. The van der Waals surface area contributed by atoms with E-state index in [0.29, 0.717) is 18.1 Å². The molecule has 0 aromatic heterocycles. The van der Waals surface area contributed by atoms with Gasteiger partial charge in [-0.25, -0.2) is 4.79 Å². The van der Waals surface area contributed by atoms with Crippen LogP contribution in [0.2, 0.25) is 0 Å². The molecule has 15 heavy (non-hydrogen) atoms. The summed E-state index contributed by atoms with van der Waals surface area (Å²) in [5.74, 6) is -0.104. The molecule has 0 saturated carbocycles. The Morgan fingerprint density at radius 2 is 2.20 bits per heavy atom. The topological polar surface area (TPSA) is 65.0 Å². The number of fused-ring (bicyclic) bond motifs is 1. The van der Waals surface area contributed by atoms with E-state index >= 15 is 0 Å². The molecular formula is C10H10O5. The van der Waals surface area contributed by atoms with Crippen molar-refractivity contribution in [2.24, 2.45) is 0 Å². The predicted molar refractivity (Wildman–Crippen MR) is 50.1 cm³/mol. The first kappa shape index (κ1) is 9.79. The molecule has 5 nitrogen and oxygen atoms in total. The molecule has 0 saturated heterocycles. The molecule has 0 bridgehead atoms. The number of hydrogen-bond donors (Lipinski definition) is 1. The lowest BCUT2D eigenvalue weighted by molar-refractivity contribution is -0.173. The highest BCUT2D eigenvalue weighted by molar-refractivity contribution is 5.88. The van der Waals surface area contributed by atoms with Crippen LogP contribution in [0.1, 0.15) is 17.3 Å². The van der Waals surface area contributed by atoms with Crippen LogP contribution >= 0.6 is 0 Å². The zero-order chi connectivity index (χ0) is 10.8. The summed E-state index contributed by atoms with van der Waals surface area (Å²) in [5, 5.41) is 8.76. The quantitative estimate of drug-likeness (QED) is 0.818. The molecule has 0 spiro atoms. The third-order valence-electron chi connectivity index (χ3n) is 1.94. The van der Waals surface area contributed by atoms with Crippen LogP contribution in [0.4, 0.5) is 0 Å². The molecule has 2 rings (SSSR count). The molecule has 1 aromatic carbocycles. The number of carbonyl (C=O) groups is 1. The number of hydrogen-bond acceptors (Lipinski definition) is 4. The van der Waals surface area contributed by atoms with Gasteiger partial charge >= 0.3 is 12.4 Å². The molecule has 1 atom stereocenters. The van der Waals surface area contributed by atoms with Gasteiger partial charge in [0.2, 0.25) is 0 Å². The summed E-state index contributed by atoms with van der Waals surface area (Å²) in [6.07, 6.45) is 0. The van der Waals surface area contributed by atoms with E-state index in [-0.39, 0.29) is 5.56 Å². The summed E-state index contributed by atoms with van der Waals surface area (Å²) in [6, 6.07) is 4.42. The van der Waals surface area contributed by atoms with Gasteiger partial charge in [-0.1, -0.05) is 0 Å². The van der Waals surface area contributed by atoms with Gasteiger partial charge in [0.1, 0.15) is 0 Å². The monoisotopic (exact) mass is 210 g/mol. The van der Waals surface area contributed by atoms with Crippen LogP contribution in [0.5, 0.6) is 11.5 Å². The molecule has 1 heterocycles. The van der Waals surface area contributed by atoms with E-state index < -0.39 is 12.4 Å². The molecule has 1 aromatic rings. The summed E-state index contributed by atoms with van der Waals surface area (Å²) in [4.78, 5) is 10.7. The average Bonchev–Trinajstić information content (AvgIpc) is 2.59. The number of carboxylic acid groups (broad SMARTS) is 1. The van der Waals surface area contributed by atoms with E-state index in [4.69, 9.17) is 19.3 Å². The lowest BCUT2D eigenvalue weighted by Crippen LogP contribution is -2.21. The molecular weight excluding hydrogens is 200 g/mol. The zero-order valence-electron chi connectivity index (χ0n) is 8.10.